The van der Waals surface area contributed by atoms with Crippen LogP contribution in [0.2, 0.25) is 0 Å². The van der Waals surface area contributed by atoms with Crippen molar-refractivity contribution in [3.8, 4) is 22.8 Å². The number of fused-ring (bicyclic) bond motifs is 1. The van der Waals surface area contributed by atoms with Crippen LogP contribution in [0.25, 0.3) is 33.8 Å². The SMILES string of the molecule is CC(C)(C)n1nc(-c2noc(C3CC3)c2-c2ncc(C3CCNCC3)cn2)c2c(N)ncnc21.Cl. The Hall–Kier alpha value is -3.11. The van der Waals surface area contributed by atoms with Crippen LogP contribution >= 0.6 is 12.4 Å². The minimum Gasteiger partial charge on any atom is -0.383 e. The standard InChI is InChI=1S/C24H29N9O.ClH/c1-24(2,3)33-23-17(21(25)29-12-30-23)18(31-33)19-16(20(34-32-19)14-4-5-14)22-27-10-15(11-28-22)13-6-8-26-9-7-13;/h10-14,26H,4-9H2,1-3H3,(H2,25,29,30);1H. The lowest BCUT2D eigenvalue weighted by Gasteiger charge is -2.22. The van der Waals surface area contributed by atoms with Gasteiger partial charge in [0.15, 0.2) is 17.2 Å². The summed E-state index contributed by atoms with van der Waals surface area (Å²) in [7, 11) is 0. The van der Waals surface area contributed by atoms with Gasteiger partial charge in [0.25, 0.3) is 0 Å². The fourth-order valence-corrected chi connectivity index (χ4v) is 4.75. The fraction of sp³-hybridized carbons (Fsp3) is 0.500. The zero-order chi connectivity index (χ0) is 23.4. The molecule has 5 heterocycles. The minimum absolute atomic E-state index is 0. The predicted molar refractivity (Wildman–Crippen MR) is 135 cm³/mol. The molecule has 4 aromatic rings. The van der Waals surface area contributed by atoms with E-state index in [1.54, 1.807) is 0 Å². The Labute approximate surface area is 209 Å². The highest BCUT2D eigenvalue weighted by molar-refractivity contribution is 6.00. The summed E-state index contributed by atoms with van der Waals surface area (Å²) in [6, 6.07) is 0. The first-order valence-corrected chi connectivity index (χ1v) is 11.9. The van der Waals surface area contributed by atoms with E-state index in [0.717, 1.165) is 50.1 Å². The van der Waals surface area contributed by atoms with Crippen LogP contribution in [0, 0.1) is 0 Å². The number of aromatic nitrogens is 7. The summed E-state index contributed by atoms with van der Waals surface area (Å²) in [5.74, 6) is 2.60. The number of anilines is 1. The first kappa shape index (κ1) is 23.6. The van der Waals surface area contributed by atoms with E-state index in [2.05, 4.69) is 41.2 Å². The van der Waals surface area contributed by atoms with Crippen molar-refractivity contribution in [2.75, 3.05) is 18.8 Å². The van der Waals surface area contributed by atoms with E-state index in [9.17, 15) is 0 Å². The van der Waals surface area contributed by atoms with Gasteiger partial charge in [-0.1, -0.05) is 5.16 Å². The second-order valence-corrected chi connectivity index (χ2v) is 10.3. The summed E-state index contributed by atoms with van der Waals surface area (Å²) in [6.07, 6.45) is 9.71. The zero-order valence-electron chi connectivity index (χ0n) is 20.2. The third kappa shape index (κ3) is 4.14. The fourth-order valence-electron chi connectivity index (χ4n) is 4.75. The average Bonchev–Trinajstić information content (AvgIpc) is 3.45. The Bertz CT molecular complexity index is 1350. The molecule has 2 aliphatic rings. The van der Waals surface area contributed by atoms with Crippen molar-refractivity contribution in [3.05, 3.63) is 30.0 Å². The molecule has 1 saturated heterocycles. The van der Waals surface area contributed by atoms with E-state index in [1.165, 1.54) is 11.9 Å². The van der Waals surface area contributed by atoms with Gasteiger partial charge in [-0.3, -0.25) is 0 Å². The van der Waals surface area contributed by atoms with Crippen LogP contribution in [-0.4, -0.2) is 48.0 Å². The molecule has 10 nitrogen and oxygen atoms in total. The van der Waals surface area contributed by atoms with E-state index in [-0.39, 0.29) is 17.9 Å². The molecule has 0 atom stereocenters. The normalized spacial score (nSPS) is 17.0. The number of nitrogen functional groups attached to an aromatic ring is 1. The molecule has 11 heteroatoms. The van der Waals surface area contributed by atoms with E-state index in [1.807, 2.05) is 17.1 Å². The molecule has 0 amide bonds. The molecule has 0 spiro atoms. The Morgan fingerprint density at radius 1 is 0.971 bits per heavy atom. The molecule has 3 N–H and O–H groups in total. The van der Waals surface area contributed by atoms with Crippen molar-refractivity contribution in [1.29, 1.82) is 0 Å². The van der Waals surface area contributed by atoms with Gasteiger partial charge >= 0.3 is 0 Å². The Morgan fingerprint density at radius 3 is 2.34 bits per heavy atom. The molecule has 184 valence electrons. The van der Waals surface area contributed by atoms with Gasteiger partial charge in [0, 0.05) is 18.3 Å². The lowest BCUT2D eigenvalue weighted by molar-refractivity contribution is 0.365. The van der Waals surface area contributed by atoms with Crippen molar-refractivity contribution in [3.63, 3.8) is 0 Å². The lowest BCUT2D eigenvalue weighted by Crippen LogP contribution is -2.26. The molecule has 4 aromatic heterocycles. The van der Waals surface area contributed by atoms with E-state index in [4.69, 9.17) is 25.3 Å². The smallest absolute Gasteiger partial charge is 0.165 e. The van der Waals surface area contributed by atoms with E-state index in [0.29, 0.717) is 45.9 Å². The highest BCUT2D eigenvalue weighted by Gasteiger charge is 2.36. The predicted octanol–water partition coefficient (Wildman–Crippen LogP) is 4.04. The number of piperidine rings is 1. The third-order valence-electron chi connectivity index (χ3n) is 6.73. The molecule has 2 fully saturated rings. The lowest BCUT2D eigenvalue weighted by atomic mass is 9.92. The topological polar surface area (TPSA) is 133 Å². The number of halogens is 1. The van der Waals surface area contributed by atoms with Crippen molar-refractivity contribution in [1.82, 2.24) is 40.2 Å². The van der Waals surface area contributed by atoms with Crippen LogP contribution in [0.5, 0.6) is 0 Å². The molecular formula is C24H30ClN9O. The molecule has 0 bridgehead atoms. The summed E-state index contributed by atoms with van der Waals surface area (Å²) in [4.78, 5) is 18.3. The number of nitrogens with one attached hydrogen (secondary N) is 1. The van der Waals surface area contributed by atoms with Gasteiger partial charge < -0.3 is 15.6 Å². The maximum absolute atomic E-state index is 6.32. The monoisotopic (exact) mass is 495 g/mol. The Kier molecular flexibility index (Phi) is 5.96. The van der Waals surface area contributed by atoms with Gasteiger partial charge in [-0.25, -0.2) is 24.6 Å². The number of nitrogens with zero attached hydrogens (tertiary/aromatic N) is 7. The average molecular weight is 496 g/mol. The highest BCUT2D eigenvalue weighted by atomic mass is 35.5. The minimum atomic E-state index is -0.312. The molecule has 0 unspecified atom stereocenters. The summed E-state index contributed by atoms with van der Waals surface area (Å²) in [5.41, 5.74) is 9.83. The van der Waals surface area contributed by atoms with Gasteiger partial charge in [-0.2, -0.15) is 5.10 Å². The van der Waals surface area contributed by atoms with Gasteiger partial charge in [0.2, 0.25) is 0 Å². The summed E-state index contributed by atoms with van der Waals surface area (Å²) < 4.78 is 7.76. The van der Waals surface area contributed by atoms with Gasteiger partial charge in [-0.15, -0.1) is 12.4 Å². The van der Waals surface area contributed by atoms with Crippen LogP contribution in [0.4, 0.5) is 5.82 Å². The maximum Gasteiger partial charge on any atom is 0.165 e. The van der Waals surface area contributed by atoms with E-state index < -0.39 is 0 Å². The molecule has 35 heavy (non-hydrogen) atoms. The second kappa shape index (κ2) is 8.83. The number of rotatable bonds is 4. The maximum atomic E-state index is 6.32. The zero-order valence-corrected chi connectivity index (χ0v) is 21.0. The second-order valence-electron chi connectivity index (χ2n) is 10.3. The quantitative estimate of drug-likeness (QED) is 0.430. The van der Waals surface area contributed by atoms with E-state index >= 15 is 0 Å². The molecule has 1 saturated carbocycles. The van der Waals surface area contributed by atoms with Crippen molar-refractivity contribution in [2.45, 2.75) is 63.8 Å². The van der Waals surface area contributed by atoms with Gasteiger partial charge in [0.1, 0.15) is 23.5 Å². The highest BCUT2D eigenvalue weighted by Crippen LogP contribution is 2.48. The van der Waals surface area contributed by atoms with Crippen molar-refractivity contribution in [2.24, 2.45) is 0 Å². The van der Waals surface area contributed by atoms with Gasteiger partial charge in [-0.05, 0) is 71.0 Å². The molecular weight excluding hydrogens is 466 g/mol. The van der Waals surface area contributed by atoms with Crippen molar-refractivity contribution < 1.29 is 4.52 Å². The van der Waals surface area contributed by atoms with Crippen LogP contribution in [0.15, 0.2) is 23.2 Å². The van der Waals surface area contributed by atoms with Crippen LogP contribution in [0.3, 0.4) is 0 Å². The molecule has 6 rings (SSSR count). The third-order valence-corrected chi connectivity index (χ3v) is 6.73. The molecule has 0 aromatic carbocycles. The van der Waals surface area contributed by atoms with Crippen LogP contribution in [0.1, 0.15) is 69.6 Å². The first-order chi connectivity index (χ1) is 16.4. The summed E-state index contributed by atoms with van der Waals surface area (Å²) in [6.45, 7) is 8.28. The van der Waals surface area contributed by atoms with Crippen molar-refractivity contribution >= 4 is 29.3 Å². The number of nitrogens with two attached hydrogens (primary N) is 1. The largest absolute Gasteiger partial charge is 0.383 e. The number of hydrogen-bond donors (Lipinski definition) is 2. The molecule has 0 radical (unpaired) electrons. The van der Waals surface area contributed by atoms with Crippen LogP contribution in [-0.2, 0) is 5.54 Å². The summed E-state index contributed by atoms with van der Waals surface area (Å²) >= 11 is 0. The summed E-state index contributed by atoms with van der Waals surface area (Å²) in [5, 5.41) is 13.5. The Morgan fingerprint density at radius 2 is 1.69 bits per heavy atom. The molecule has 1 aliphatic heterocycles. The number of hydrogen-bond acceptors (Lipinski definition) is 9. The van der Waals surface area contributed by atoms with Crippen LogP contribution < -0.4 is 11.1 Å². The van der Waals surface area contributed by atoms with Gasteiger partial charge in [0.05, 0.1) is 16.5 Å². The molecule has 1 aliphatic carbocycles. The first-order valence-electron chi connectivity index (χ1n) is 11.9. The Balaban J connectivity index is 0.00000253.